The van der Waals surface area contributed by atoms with Gasteiger partial charge in [-0.2, -0.15) is 0 Å². The molecular weight excluding hydrogens is 252 g/mol. The van der Waals surface area contributed by atoms with Crippen molar-refractivity contribution >= 4 is 11.6 Å². The van der Waals surface area contributed by atoms with Gasteiger partial charge in [0.05, 0.1) is 6.42 Å². The summed E-state index contributed by atoms with van der Waals surface area (Å²) in [6.07, 6.45) is 0.241. The highest BCUT2D eigenvalue weighted by Gasteiger charge is 2.05. The molecule has 2 aromatic carbocycles. The van der Waals surface area contributed by atoms with E-state index in [1.807, 2.05) is 37.4 Å². The molecule has 20 heavy (non-hydrogen) atoms. The predicted molar refractivity (Wildman–Crippen MR) is 79.6 cm³/mol. The van der Waals surface area contributed by atoms with Crippen molar-refractivity contribution in [2.75, 3.05) is 12.4 Å². The van der Waals surface area contributed by atoms with Crippen molar-refractivity contribution in [2.24, 2.45) is 0 Å². The fourth-order valence-corrected chi connectivity index (χ4v) is 2.02. The van der Waals surface area contributed by atoms with Gasteiger partial charge in [0.25, 0.3) is 0 Å². The van der Waals surface area contributed by atoms with Crippen molar-refractivity contribution in [1.82, 2.24) is 5.32 Å². The number of carbonyl (C=O) groups is 1. The Balaban J connectivity index is 1.99. The first kappa shape index (κ1) is 14.1. The Hall–Kier alpha value is -2.33. The molecule has 104 valence electrons. The third kappa shape index (κ3) is 4.10. The van der Waals surface area contributed by atoms with Crippen LogP contribution in [-0.4, -0.2) is 18.1 Å². The number of hydrogen-bond donors (Lipinski definition) is 3. The third-order valence-electron chi connectivity index (χ3n) is 2.87. The van der Waals surface area contributed by atoms with Gasteiger partial charge in [0.15, 0.2) is 0 Å². The number of phenols is 1. The summed E-state index contributed by atoms with van der Waals surface area (Å²) in [7, 11) is 1.88. The van der Waals surface area contributed by atoms with Crippen molar-refractivity contribution in [2.45, 2.75) is 13.0 Å². The lowest BCUT2D eigenvalue weighted by Crippen LogP contribution is -2.14. The lowest BCUT2D eigenvalue weighted by atomic mass is 10.1. The van der Waals surface area contributed by atoms with Gasteiger partial charge in [-0.15, -0.1) is 0 Å². The molecule has 4 nitrogen and oxygen atoms in total. The van der Waals surface area contributed by atoms with Gasteiger partial charge in [-0.25, -0.2) is 0 Å². The number of aromatic hydroxyl groups is 1. The van der Waals surface area contributed by atoms with Crippen LogP contribution in [0.25, 0.3) is 0 Å². The number of phenolic OH excluding ortho intramolecular Hbond substituents is 1. The summed E-state index contributed by atoms with van der Waals surface area (Å²) >= 11 is 0. The zero-order valence-electron chi connectivity index (χ0n) is 11.4. The molecule has 0 fully saturated rings. The summed E-state index contributed by atoms with van der Waals surface area (Å²) in [5, 5.41) is 15.3. The summed E-state index contributed by atoms with van der Waals surface area (Å²) in [5.74, 6) is 0.0727. The molecule has 0 radical (unpaired) electrons. The van der Waals surface area contributed by atoms with Crippen LogP contribution >= 0.6 is 0 Å². The highest BCUT2D eigenvalue weighted by Crippen LogP contribution is 2.14. The smallest absolute Gasteiger partial charge is 0.228 e. The largest absolute Gasteiger partial charge is 0.508 e. The molecule has 0 saturated carbocycles. The van der Waals surface area contributed by atoms with E-state index in [1.165, 1.54) is 0 Å². The van der Waals surface area contributed by atoms with E-state index in [0.29, 0.717) is 0 Å². The van der Waals surface area contributed by atoms with Gasteiger partial charge in [0.1, 0.15) is 5.75 Å². The second kappa shape index (κ2) is 6.73. The van der Waals surface area contributed by atoms with Crippen molar-refractivity contribution in [3.05, 3.63) is 59.7 Å². The van der Waals surface area contributed by atoms with Gasteiger partial charge >= 0.3 is 0 Å². The second-order valence-electron chi connectivity index (χ2n) is 4.63. The molecule has 0 spiro atoms. The van der Waals surface area contributed by atoms with Gasteiger partial charge in [0, 0.05) is 12.2 Å². The van der Waals surface area contributed by atoms with E-state index in [9.17, 15) is 9.90 Å². The van der Waals surface area contributed by atoms with Gasteiger partial charge in [-0.1, -0.05) is 24.3 Å². The van der Waals surface area contributed by atoms with E-state index in [2.05, 4.69) is 10.6 Å². The molecule has 0 aromatic heterocycles. The molecule has 2 aromatic rings. The topological polar surface area (TPSA) is 61.4 Å². The quantitative estimate of drug-likeness (QED) is 0.781. The Morgan fingerprint density at radius 3 is 2.60 bits per heavy atom. The van der Waals surface area contributed by atoms with Crippen LogP contribution in [-0.2, 0) is 17.8 Å². The lowest BCUT2D eigenvalue weighted by Gasteiger charge is -2.07. The van der Waals surface area contributed by atoms with Crippen molar-refractivity contribution in [1.29, 1.82) is 0 Å². The highest BCUT2D eigenvalue weighted by atomic mass is 16.3. The normalized spacial score (nSPS) is 10.2. The molecule has 0 aliphatic carbocycles. The number of nitrogens with one attached hydrogen (secondary N) is 2. The lowest BCUT2D eigenvalue weighted by molar-refractivity contribution is -0.115. The van der Waals surface area contributed by atoms with Crippen molar-refractivity contribution in [3.8, 4) is 5.75 Å². The molecule has 1 amide bonds. The van der Waals surface area contributed by atoms with Crippen molar-refractivity contribution in [3.63, 3.8) is 0 Å². The third-order valence-corrected chi connectivity index (χ3v) is 2.87. The fraction of sp³-hybridized carbons (Fsp3) is 0.188. The molecule has 0 aliphatic heterocycles. The Labute approximate surface area is 118 Å². The second-order valence-corrected chi connectivity index (χ2v) is 4.63. The Morgan fingerprint density at radius 1 is 1.10 bits per heavy atom. The predicted octanol–water partition coefficient (Wildman–Crippen LogP) is 2.29. The zero-order chi connectivity index (χ0) is 14.4. The maximum absolute atomic E-state index is 12.0. The van der Waals surface area contributed by atoms with E-state index in [1.54, 1.807) is 18.2 Å². The van der Waals surface area contributed by atoms with Gasteiger partial charge in [0.2, 0.25) is 5.91 Å². The zero-order valence-corrected chi connectivity index (χ0v) is 11.4. The summed E-state index contributed by atoms with van der Waals surface area (Å²) < 4.78 is 0. The molecular formula is C16H18N2O2. The minimum Gasteiger partial charge on any atom is -0.508 e. The number of anilines is 1. The number of hydrogen-bond acceptors (Lipinski definition) is 3. The highest BCUT2D eigenvalue weighted by molar-refractivity contribution is 5.92. The van der Waals surface area contributed by atoms with Crippen LogP contribution < -0.4 is 10.6 Å². The van der Waals surface area contributed by atoms with E-state index < -0.39 is 0 Å². The van der Waals surface area contributed by atoms with Crippen LogP contribution in [0, 0.1) is 0 Å². The Morgan fingerprint density at radius 2 is 1.85 bits per heavy atom. The van der Waals surface area contributed by atoms with Gasteiger partial charge < -0.3 is 15.7 Å². The summed E-state index contributed by atoms with van der Waals surface area (Å²) in [6.45, 7) is 0.760. The number of carbonyl (C=O) groups excluding carboxylic acids is 1. The van der Waals surface area contributed by atoms with Crippen LogP contribution in [0.4, 0.5) is 5.69 Å². The SMILES string of the molecule is CNCc1cccc(NC(=O)Cc2cccc(O)c2)c1. The average Bonchev–Trinajstić information content (AvgIpc) is 2.39. The van der Waals surface area contributed by atoms with E-state index in [-0.39, 0.29) is 18.1 Å². The number of rotatable bonds is 5. The first-order valence-corrected chi connectivity index (χ1v) is 6.48. The minimum absolute atomic E-state index is 0.0998. The molecule has 0 heterocycles. The summed E-state index contributed by atoms with van der Waals surface area (Å²) in [5.41, 5.74) is 2.68. The van der Waals surface area contributed by atoms with Crippen LogP contribution in [0.5, 0.6) is 5.75 Å². The standard InChI is InChI=1S/C16H18N2O2/c1-17-11-13-5-2-6-14(8-13)18-16(20)10-12-4-3-7-15(19)9-12/h2-9,17,19H,10-11H2,1H3,(H,18,20). The first-order valence-electron chi connectivity index (χ1n) is 6.48. The van der Waals surface area contributed by atoms with Crippen LogP contribution in [0.15, 0.2) is 48.5 Å². The Bertz CT molecular complexity index is 597. The van der Waals surface area contributed by atoms with E-state index in [0.717, 1.165) is 23.4 Å². The molecule has 2 rings (SSSR count). The molecule has 4 heteroatoms. The minimum atomic E-state index is -0.0998. The molecule has 0 atom stereocenters. The van der Waals surface area contributed by atoms with Gasteiger partial charge in [-0.3, -0.25) is 4.79 Å². The fourth-order valence-electron chi connectivity index (χ4n) is 2.02. The monoisotopic (exact) mass is 270 g/mol. The summed E-state index contributed by atoms with van der Waals surface area (Å²) in [4.78, 5) is 12.0. The number of amides is 1. The molecule has 0 aliphatic rings. The molecule has 0 unspecified atom stereocenters. The van der Waals surface area contributed by atoms with Crippen LogP contribution in [0.2, 0.25) is 0 Å². The molecule has 0 bridgehead atoms. The average molecular weight is 270 g/mol. The summed E-state index contributed by atoms with van der Waals surface area (Å²) in [6, 6.07) is 14.4. The first-order chi connectivity index (χ1) is 9.67. The van der Waals surface area contributed by atoms with Crippen molar-refractivity contribution < 1.29 is 9.90 Å². The molecule has 0 saturated heterocycles. The number of benzene rings is 2. The van der Waals surface area contributed by atoms with Gasteiger partial charge in [-0.05, 0) is 42.4 Å². The van der Waals surface area contributed by atoms with Crippen LogP contribution in [0.3, 0.4) is 0 Å². The maximum Gasteiger partial charge on any atom is 0.228 e. The van der Waals surface area contributed by atoms with E-state index in [4.69, 9.17) is 0 Å². The van der Waals surface area contributed by atoms with Crippen LogP contribution in [0.1, 0.15) is 11.1 Å². The maximum atomic E-state index is 12.0. The molecule has 3 N–H and O–H groups in total. The Kier molecular flexibility index (Phi) is 4.74. The van der Waals surface area contributed by atoms with E-state index >= 15 is 0 Å².